The Hall–Kier alpha value is 1.26. The fourth-order valence-corrected chi connectivity index (χ4v) is 3.84. The summed E-state index contributed by atoms with van der Waals surface area (Å²) < 4.78 is 59.0. The van der Waals surface area contributed by atoms with Crippen molar-refractivity contribution in [1.82, 2.24) is 0 Å². The summed E-state index contributed by atoms with van der Waals surface area (Å²) >= 11 is 0. The summed E-state index contributed by atoms with van der Waals surface area (Å²) in [5, 5.41) is 7.10. The van der Waals surface area contributed by atoms with Crippen molar-refractivity contribution < 1.29 is 89.8 Å². The van der Waals surface area contributed by atoms with Gasteiger partial charge in [0.05, 0.1) is 27.2 Å². The van der Waals surface area contributed by atoms with Crippen molar-refractivity contribution in [1.29, 1.82) is 0 Å². The Bertz CT molecular complexity index is 574. The Morgan fingerprint density at radius 1 is 0.821 bits per heavy atom. The van der Waals surface area contributed by atoms with Gasteiger partial charge in [0.2, 0.25) is 0 Å². The number of hydrogen-bond acceptors (Lipinski definition) is 7. The topological polar surface area (TPSA) is 124 Å². The smallest absolute Gasteiger partial charge is 0.857 e. The van der Waals surface area contributed by atoms with Gasteiger partial charge in [0, 0.05) is 0 Å². The molecule has 0 aromatic carbocycles. The molecular weight excluding hydrogens is 426 g/mol. The van der Waals surface area contributed by atoms with Crippen LogP contribution in [0.25, 0.3) is 0 Å². The largest absolute Gasteiger partial charge is 1.00 e. The molecule has 0 aliphatic carbocycles. The third-order valence-corrected chi connectivity index (χ3v) is 6.53. The number of allylic oxidation sites excluding steroid dienone is 4. The molecule has 28 heavy (non-hydrogen) atoms. The molecule has 0 heterocycles. The van der Waals surface area contributed by atoms with E-state index in [2.05, 4.69) is 0 Å². The van der Waals surface area contributed by atoms with Crippen LogP contribution < -0.4 is 64.2 Å². The van der Waals surface area contributed by atoms with Crippen molar-refractivity contribution in [2.24, 2.45) is 0 Å². The van der Waals surface area contributed by atoms with Crippen LogP contribution in [0.1, 0.15) is 60.3 Å². The molecule has 7 nitrogen and oxygen atoms in total. The molecule has 0 aromatic heterocycles. The zero-order chi connectivity index (χ0) is 21.2. The first-order chi connectivity index (χ1) is 12.1. The van der Waals surface area contributed by atoms with Crippen LogP contribution in [0.5, 0.6) is 0 Å². The predicted octanol–water partition coefficient (Wildman–Crippen LogP) is -3.64. The predicted molar refractivity (Wildman–Crippen MR) is 103 cm³/mol. The first-order valence-electron chi connectivity index (χ1n) is 8.56. The van der Waals surface area contributed by atoms with Crippen LogP contribution in [0.4, 0.5) is 0 Å². The normalized spacial score (nSPS) is 13.3. The molecule has 0 saturated heterocycles. The van der Waals surface area contributed by atoms with Crippen molar-refractivity contribution in [3.05, 3.63) is 24.3 Å². The van der Waals surface area contributed by atoms with Crippen molar-refractivity contribution >= 4 is 20.2 Å². The van der Waals surface area contributed by atoms with Gasteiger partial charge < -0.3 is 9.66 Å². The maximum absolute atomic E-state index is 11.4. The molecule has 0 saturated carbocycles. The molecule has 0 aromatic rings. The van der Waals surface area contributed by atoms with E-state index in [1.54, 1.807) is 32.9 Å². The standard InChI is InChI=1S/C9H18O3S.C7H14O3S.CH3O.2Na/c1-4-7-8-9(5-2)13(10,11)12-6-3;1-3-5-6-7(4-2)11(8,9)10;1-2;;/h4,7,9H,5-6,8H2,1-3H3;3,5,7H,4,6H2,1-2H3,(H,8,9,10);1H3;;/q;;-1;2*+1/p-1/b7-4+;5-3+;;;. The van der Waals surface area contributed by atoms with Crippen LogP contribution in [-0.2, 0) is 24.4 Å². The van der Waals surface area contributed by atoms with E-state index >= 15 is 0 Å². The van der Waals surface area contributed by atoms with Gasteiger partial charge in [-0.05, 0) is 46.5 Å². The molecule has 2 unspecified atom stereocenters. The Morgan fingerprint density at radius 2 is 1.18 bits per heavy atom. The summed E-state index contributed by atoms with van der Waals surface area (Å²) in [4.78, 5) is 0. The van der Waals surface area contributed by atoms with Gasteiger partial charge in [0.1, 0.15) is 0 Å². The van der Waals surface area contributed by atoms with Gasteiger partial charge >= 0.3 is 59.1 Å². The Balaban J connectivity index is -0.000000109. The van der Waals surface area contributed by atoms with Gasteiger partial charge in [-0.2, -0.15) is 15.5 Å². The summed E-state index contributed by atoms with van der Waals surface area (Å²) in [7, 11) is -6.68. The zero-order valence-corrected chi connectivity index (χ0v) is 24.3. The van der Waals surface area contributed by atoms with Crippen LogP contribution >= 0.6 is 0 Å². The van der Waals surface area contributed by atoms with Crippen molar-refractivity contribution in [3.8, 4) is 0 Å². The van der Waals surface area contributed by atoms with Gasteiger partial charge in [-0.25, -0.2) is 8.42 Å². The molecule has 2 atom stereocenters. The second-order valence-corrected chi connectivity index (χ2v) is 8.60. The molecule has 158 valence electrons. The molecule has 11 heteroatoms. The molecule has 0 N–H and O–H groups in total. The second-order valence-electron chi connectivity index (χ2n) is 5.06. The summed E-state index contributed by atoms with van der Waals surface area (Å²) in [5.74, 6) is 0. The first kappa shape index (κ1) is 39.7. The van der Waals surface area contributed by atoms with E-state index in [0.29, 0.717) is 25.7 Å². The van der Waals surface area contributed by atoms with Gasteiger partial charge in [-0.3, -0.25) is 4.18 Å². The zero-order valence-electron chi connectivity index (χ0n) is 18.7. The fourth-order valence-electron chi connectivity index (χ4n) is 1.81. The van der Waals surface area contributed by atoms with Gasteiger partial charge in [0.25, 0.3) is 10.1 Å². The SMILES string of the molecule is C/C=C/CC(CC)S(=O)(=O)OCC.C/C=C/CC(CC)S(=O)(=O)[O-].C[O-].[Na+].[Na+]. The van der Waals surface area contributed by atoms with Crippen LogP contribution in [0, 0.1) is 0 Å². The third-order valence-electron chi connectivity index (χ3n) is 3.28. The monoisotopic (exact) mass is 460 g/mol. The van der Waals surface area contributed by atoms with E-state index in [1.807, 2.05) is 26.0 Å². The Kier molecular flexibility index (Phi) is 34.8. The fraction of sp³-hybridized carbons (Fsp3) is 0.765. The average Bonchev–Trinajstić information content (AvgIpc) is 2.57. The minimum Gasteiger partial charge on any atom is -0.857 e. The minimum atomic E-state index is -4.09. The molecule has 0 bridgehead atoms. The Labute approximate surface area is 216 Å². The van der Waals surface area contributed by atoms with E-state index < -0.39 is 30.7 Å². The van der Waals surface area contributed by atoms with Crippen LogP contribution in [-0.4, -0.2) is 45.6 Å². The molecule has 0 fully saturated rings. The third kappa shape index (κ3) is 22.0. The average molecular weight is 461 g/mol. The van der Waals surface area contributed by atoms with Crippen LogP contribution in [0.15, 0.2) is 24.3 Å². The molecule has 0 spiro atoms. The molecule has 0 aliphatic heterocycles. The van der Waals surface area contributed by atoms with Crippen molar-refractivity contribution in [2.45, 2.75) is 70.8 Å². The van der Waals surface area contributed by atoms with E-state index in [9.17, 15) is 21.4 Å². The summed E-state index contributed by atoms with van der Waals surface area (Å²) in [6.45, 7) is 9.12. The molecule has 0 rings (SSSR count). The van der Waals surface area contributed by atoms with E-state index in [1.165, 1.54) is 0 Å². The van der Waals surface area contributed by atoms with Gasteiger partial charge in [-0.1, -0.05) is 38.2 Å². The van der Waals surface area contributed by atoms with E-state index in [0.717, 1.165) is 7.11 Å². The molecule has 0 amide bonds. The first-order valence-corrected chi connectivity index (χ1v) is 11.5. The van der Waals surface area contributed by atoms with E-state index in [4.69, 9.17) is 9.29 Å². The minimum absolute atomic E-state index is 0. The van der Waals surface area contributed by atoms with Crippen molar-refractivity contribution in [2.75, 3.05) is 13.7 Å². The van der Waals surface area contributed by atoms with Crippen molar-refractivity contribution in [3.63, 3.8) is 0 Å². The van der Waals surface area contributed by atoms with Crippen LogP contribution in [0.3, 0.4) is 0 Å². The van der Waals surface area contributed by atoms with Gasteiger partial charge in [0.15, 0.2) is 0 Å². The second kappa shape index (κ2) is 24.5. The number of hydrogen-bond donors (Lipinski definition) is 0. The maximum Gasteiger partial charge on any atom is 1.00 e. The summed E-state index contributed by atoms with van der Waals surface area (Å²) in [5.41, 5.74) is 0. The number of rotatable bonds is 10. The van der Waals surface area contributed by atoms with Gasteiger partial charge in [-0.15, -0.1) is 0 Å². The van der Waals surface area contributed by atoms with Crippen LogP contribution in [0.2, 0.25) is 0 Å². The molecular formula is C17H34Na2O7S2. The molecule has 0 aliphatic rings. The summed E-state index contributed by atoms with van der Waals surface area (Å²) in [6.07, 6.45) is 8.99. The summed E-state index contributed by atoms with van der Waals surface area (Å²) in [6, 6.07) is 0. The Morgan fingerprint density at radius 3 is 1.43 bits per heavy atom. The molecule has 0 radical (unpaired) electrons. The maximum atomic E-state index is 11.4. The quantitative estimate of drug-likeness (QED) is 0.143. The van der Waals surface area contributed by atoms with E-state index in [-0.39, 0.29) is 65.7 Å².